The maximum absolute atomic E-state index is 12.9. The number of esters is 1. The van der Waals surface area contributed by atoms with Gasteiger partial charge in [-0.05, 0) is 38.7 Å². The highest BCUT2D eigenvalue weighted by atomic mass is 19.4. The Balaban J connectivity index is 2.27. The van der Waals surface area contributed by atoms with Gasteiger partial charge in [0.1, 0.15) is 6.10 Å². The van der Waals surface area contributed by atoms with Crippen LogP contribution in [0.15, 0.2) is 35.5 Å². The van der Waals surface area contributed by atoms with Gasteiger partial charge in [-0.25, -0.2) is 4.79 Å². The van der Waals surface area contributed by atoms with E-state index in [-0.39, 0.29) is 24.3 Å². The molecule has 1 saturated heterocycles. The topological polar surface area (TPSA) is 26.3 Å². The van der Waals surface area contributed by atoms with E-state index >= 15 is 0 Å². The summed E-state index contributed by atoms with van der Waals surface area (Å²) in [7, 11) is 0. The third-order valence-corrected chi connectivity index (χ3v) is 3.82. The minimum atomic E-state index is -4.31. The van der Waals surface area contributed by atoms with Crippen LogP contribution in [0.5, 0.6) is 0 Å². The van der Waals surface area contributed by atoms with E-state index in [1.54, 1.807) is 0 Å². The summed E-state index contributed by atoms with van der Waals surface area (Å²) in [6.45, 7) is 5.50. The number of rotatable bonds is 0. The van der Waals surface area contributed by atoms with Gasteiger partial charge in [-0.1, -0.05) is 18.2 Å². The highest BCUT2D eigenvalue weighted by molar-refractivity contribution is 5.91. The fourth-order valence-electron chi connectivity index (χ4n) is 2.63. The van der Waals surface area contributed by atoms with Crippen LogP contribution in [-0.4, -0.2) is 18.2 Å². The molecule has 0 aromatic carbocycles. The molecule has 0 amide bonds. The van der Waals surface area contributed by atoms with Crippen molar-refractivity contribution >= 4 is 5.97 Å². The minimum Gasteiger partial charge on any atom is -0.454 e. The molecular weight excluding hydrogens is 269 g/mol. The van der Waals surface area contributed by atoms with Gasteiger partial charge >= 0.3 is 12.1 Å². The predicted molar refractivity (Wildman–Crippen MR) is 68.9 cm³/mol. The standard InChI is InChI=1S/C15H17F3O2/c1-9-4-3-5-11(15(16,17)18)6-7-12-10(2)14(19)20-13(12)8-9/h5,8,12-13H,2-4,6-7H2,1H3/b9-8+,11-5+/t12-,13+/m0/s1. The number of halogens is 3. The molecule has 2 atom stereocenters. The van der Waals surface area contributed by atoms with E-state index in [0.29, 0.717) is 12.8 Å². The van der Waals surface area contributed by atoms with Crippen LogP contribution in [0.2, 0.25) is 0 Å². The van der Waals surface area contributed by atoms with Gasteiger partial charge < -0.3 is 4.74 Å². The van der Waals surface area contributed by atoms with Crippen LogP contribution in [0.1, 0.15) is 32.6 Å². The summed E-state index contributed by atoms with van der Waals surface area (Å²) in [5, 5.41) is 0. The summed E-state index contributed by atoms with van der Waals surface area (Å²) in [5.41, 5.74) is 0.696. The number of ether oxygens (including phenoxy) is 1. The van der Waals surface area contributed by atoms with E-state index in [9.17, 15) is 18.0 Å². The first kappa shape index (κ1) is 14.9. The number of alkyl halides is 3. The average Bonchev–Trinajstić information content (AvgIpc) is 2.59. The zero-order chi connectivity index (χ0) is 14.9. The smallest absolute Gasteiger partial charge is 0.412 e. The summed E-state index contributed by atoms with van der Waals surface area (Å²) in [4.78, 5) is 11.5. The van der Waals surface area contributed by atoms with Crippen molar-refractivity contribution in [3.05, 3.63) is 35.5 Å². The van der Waals surface area contributed by atoms with Crippen molar-refractivity contribution in [2.45, 2.75) is 44.9 Å². The van der Waals surface area contributed by atoms with Gasteiger partial charge in [-0.3, -0.25) is 0 Å². The van der Waals surface area contributed by atoms with E-state index in [1.807, 2.05) is 13.0 Å². The lowest BCUT2D eigenvalue weighted by Crippen LogP contribution is -2.18. The number of hydrogen-bond acceptors (Lipinski definition) is 2. The predicted octanol–water partition coefficient (Wildman–Crippen LogP) is 4.09. The molecule has 2 aliphatic rings. The number of carbonyl (C=O) groups excluding carboxylic acids is 1. The lowest BCUT2D eigenvalue weighted by Gasteiger charge is -2.19. The maximum atomic E-state index is 12.9. The SMILES string of the molecule is C=C1C(=O)O[C@@H]2/C=C(\C)CC/C=C(/C(F)(F)F)CC[C@@H]12. The van der Waals surface area contributed by atoms with Gasteiger partial charge in [0.15, 0.2) is 0 Å². The van der Waals surface area contributed by atoms with E-state index in [2.05, 4.69) is 6.58 Å². The summed E-state index contributed by atoms with van der Waals surface area (Å²) >= 11 is 0. The monoisotopic (exact) mass is 286 g/mol. The Hall–Kier alpha value is -1.52. The molecule has 0 aromatic heterocycles. The Morgan fingerprint density at radius 2 is 2.05 bits per heavy atom. The molecule has 110 valence electrons. The quantitative estimate of drug-likeness (QED) is 0.381. The van der Waals surface area contributed by atoms with Crippen molar-refractivity contribution in [2.24, 2.45) is 5.92 Å². The molecular formula is C15H17F3O2. The van der Waals surface area contributed by atoms with Crippen LogP contribution < -0.4 is 0 Å². The van der Waals surface area contributed by atoms with Crippen molar-refractivity contribution in [1.29, 1.82) is 0 Å². The summed E-state index contributed by atoms with van der Waals surface area (Å²) in [6.07, 6.45) is -0.668. The van der Waals surface area contributed by atoms with Gasteiger partial charge in [0.05, 0.1) is 0 Å². The fourth-order valence-corrected chi connectivity index (χ4v) is 2.63. The van der Waals surface area contributed by atoms with Crippen molar-refractivity contribution < 1.29 is 22.7 Å². The van der Waals surface area contributed by atoms with Gasteiger partial charge in [-0.15, -0.1) is 0 Å². The molecule has 2 nitrogen and oxygen atoms in total. The molecule has 0 radical (unpaired) electrons. The van der Waals surface area contributed by atoms with E-state index < -0.39 is 23.8 Å². The van der Waals surface area contributed by atoms with Gasteiger partial charge in [0.25, 0.3) is 0 Å². The summed E-state index contributed by atoms with van der Waals surface area (Å²) in [6, 6.07) is 0. The second kappa shape index (κ2) is 5.46. The van der Waals surface area contributed by atoms with Crippen LogP contribution in [0.25, 0.3) is 0 Å². The number of carbonyl (C=O) groups is 1. The lowest BCUT2D eigenvalue weighted by atomic mass is 9.87. The molecule has 1 aliphatic carbocycles. The van der Waals surface area contributed by atoms with E-state index in [4.69, 9.17) is 4.74 Å². The summed E-state index contributed by atoms with van der Waals surface area (Å²) in [5.74, 6) is -0.859. The fraction of sp³-hybridized carbons (Fsp3) is 0.533. The number of fused-ring (bicyclic) bond motifs is 1. The third kappa shape index (κ3) is 3.14. The van der Waals surface area contributed by atoms with Crippen molar-refractivity contribution in [3.63, 3.8) is 0 Å². The molecule has 0 spiro atoms. The van der Waals surface area contributed by atoms with Gasteiger partial charge in [-0.2, -0.15) is 13.2 Å². The largest absolute Gasteiger partial charge is 0.454 e. The number of allylic oxidation sites excluding steroid dienone is 3. The number of hydrogen-bond donors (Lipinski definition) is 0. The molecule has 2 rings (SSSR count). The Bertz CT molecular complexity index is 486. The molecule has 20 heavy (non-hydrogen) atoms. The van der Waals surface area contributed by atoms with Crippen molar-refractivity contribution in [1.82, 2.24) is 0 Å². The maximum Gasteiger partial charge on any atom is 0.412 e. The molecule has 0 bridgehead atoms. The van der Waals surface area contributed by atoms with Gasteiger partial charge in [0.2, 0.25) is 0 Å². The van der Waals surface area contributed by atoms with E-state index in [1.165, 1.54) is 6.08 Å². The first-order valence-corrected chi connectivity index (χ1v) is 6.62. The normalized spacial score (nSPS) is 33.6. The van der Waals surface area contributed by atoms with Crippen LogP contribution in [0, 0.1) is 5.92 Å². The molecule has 5 heteroatoms. The highest BCUT2D eigenvalue weighted by Crippen LogP contribution is 2.37. The molecule has 1 fully saturated rings. The second-order valence-corrected chi connectivity index (χ2v) is 5.32. The third-order valence-electron chi connectivity index (χ3n) is 3.82. The Labute approximate surface area is 116 Å². The molecule has 0 N–H and O–H groups in total. The Morgan fingerprint density at radius 3 is 2.70 bits per heavy atom. The average molecular weight is 286 g/mol. The molecule has 0 saturated carbocycles. The molecule has 0 aromatic rings. The molecule has 1 aliphatic heterocycles. The first-order chi connectivity index (χ1) is 9.29. The van der Waals surface area contributed by atoms with Crippen LogP contribution >= 0.6 is 0 Å². The first-order valence-electron chi connectivity index (χ1n) is 6.62. The second-order valence-electron chi connectivity index (χ2n) is 5.32. The van der Waals surface area contributed by atoms with Crippen molar-refractivity contribution in [3.8, 4) is 0 Å². The van der Waals surface area contributed by atoms with Crippen LogP contribution in [0.3, 0.4) is 0 Å². The highest BCUT2D eigenvalue weighted by Gasteiger charge is 2.39. The van der Waals surface area contributed by atoms with Crippen molar-refractivity contribution in [2.75, 3.05) is 0 Å². The summed E-state index contributed by atoms with van der Waals surface area (Å²) < 4.78 is 43.9. The van der Waals surface area contributed by atoms with Gasteiger partial charge in [0, 0.05) is 17.1 Å². The molecule has 1 heterocycles. The Morgan fingerprint density at radius 1 is 1.35 bits per heavy atom. The minimum absolute atomic E-state index is 0.104. The Kier molecular flexibility index (Phi) is 4.06. The van der Waals surface area contributed by atoms with Crippen LogP contribution in [0.4, 0.5) is 13.2 Å². The lowest BCUT2D eigenvalue weighted by molar-refractivity contribution is -0.137. The van der Waals surface area contributed by atoms with E-state index in [0.717, 1.165) is 5.57 Å². The zero-order valence-corrected chi connectivity index (χ0v) is 11.3. The molecule has 0 unspecified atom stereocenters. The van der Waals surface area contributed by atoms with Crippen LogP contribution in [-0.2, 0) is 9.53 Å². The zero-order valence-electron chi connectivity index (χ0n) is 11.3.